The van der Waals surface area contributed by atoms with Crippen molar-refractivity contribution in [2.75, 3.05) is 13.2 Å². The molecule has 0 radical (unpaired) electrons. The molecular formula is C14H18O4. The lowest BCUT2D eigenvalue weighted by Crippen LogP contribution is -2.10. The van der Waals surface area contributed by atoms with Crippen molar-refractivity contribution >= 4 is 11.9 Å². The van der Waals surface area contributed by atoms with Gasteiger partial charge in [-0.1, -0.05) is 25.7 Å². The summed E-state index contributed by atoms with van der Waals surface area (Å²) in [6.07, 6.45) is 1.47. The first-order valence-electron chi connectivity index (χ1n) is 5.93. The highest BCUT2D eigenvalue weighted by atomic mass is 16.5. The molecule has 0 N–H and O–H groups in total. The van der Waals surface area contributed by atoms with Gasteiger partial charge in [0.2, 0.25) is 0 Å². The van der Waals surface area contributed by atoms with E-state index in [1.807, 2.05) is 13.8 Å². The molecule has 4 nitrogen and oxygen atoms in total. The molecule has 0 bridgehead atoms. The normalized spacial score (nSPS) is 8.33. The van der Waals surface area contributed by atoms with Gasteiger partial charge in [0.05, 0.1) is 12.8 Å². The third-order valence-electron chi connectivity index (χ3n) is 1.75. The number of carbonyl (C=O) groups is 2. The number of esters is 2. The summed E-state index contributed by atoms with van der Waals surface area (Å²) in [7, 11) is 0. The molecule has 0 amide bonds. The van der Waals surface area contributed by atoms with Gasteiger partial charge in [0, 0.05) is 12.8 Å². The maximum atomic E-state index is 11.2. The van der Waals surface area contributed by atoms with Crippen molar-refractivity contribution in [3.8, 4) is 23.7 Å². The first kappa shape index (κ1) is 16.1. The molecule has 0 spiro atoms. The Kier molecular flexibility index (Phi) is 10.3. The highest BCUT2D eigenvalue weighted by Gasteiger charge is 2.07. The highest BCUT2D eigenvalue weighted by molar-refractivity contribution is 5.77. The lowest BCUT2D eigenvalue weighted by molar-refractivity contribution is -0.148. The van der Waals surface area contributed by atoms with Crippen molar-refractivity contribution in [1.82, 2.24) is 0 Å². The lowest BCUT2D eigenvalue weighted by atomic mass is 10.3. The Hall–Kier alpha value is -1.94. The van der Waals surface area contributed by atoms with Crippen molar-refractivity contribution < 1.29 is 19.1 Å². The van der Waals surface area contributed by atoms with E-state index in [1.54, 1.807) is 0 Å². The van der Waals surface area contributed by atoms with Crippen LogP contribution < -0.4 is 0 Å². The molecule has 0 unspecified atom stereocenters. The smallest absolute Gasteiger partial charge is 0.307 e. The zero-order chi connectivity index (χ0) is 13.6. The zero-order valence-corrected chi connectivity index (χ0v) is 10.9. The van der Waals surface area contributed by atoms with E-state index in [0.29, 0.717) is 0 Å². The van der Waals surface area contributed by atoms with Gasteiger partial charge in [-0.15, -0.1) is 11.8 Å². The van der Waals surface area contributed by atoms with Crippen LogP contribution in [0.25, 0.3) is 0 Å². The number of hydrogen-bond donors (Lipinski definition) is 0. The molecule has 0 atom stereocenters. The zero-order valence-electron chi connectivity index (χ0n) is 10.9. The average molecular weight is 250 g/mol. The number of carbonyl (C=O) groups excluding carboxylic acids is 2. The van der Waals surface area contributed by atoms with Crippen LogP contribution in [0.1, 0.15) is 39.5 Å². The van der Waals surface area contributed by atoms with Crippen molar-refractivity contribution in [3.63, 3.8) is 0 Å². The first-order valence-corrected chi connectivity index (χ1v) is 5.93. The summed E-state index contributed by atoms with van der Waals surface area (Å²) in [4.78, 5) is 22.3. The standard InChI is InChI=1S/C14H18O4/c1-3-5-7-11-17-13(15)9-10-14(16)18-12-8-6-4-2/h3-4,9-12H2,1-2H3. The summed E-state index contributed by atoms with van der Waals surface area (Å²) >= 11 is 0. The summed E-state index contributed by atoms with van der Waals surface area (Å²) < 4.78 is 9.58. The van der Waals surface area contributed by atoms with Crippen LogP contribution in [0.2, 0.25) is 0 Å². The largest absolute Gasteiger partial charge is 0.452 e. The Bertz CT molecular complexity index is 338. The molecule has 4 heteroatoms. The SMILES string of the molecule is CCC#CCOC(=O)CCC(=O)OCC#CCC. The number of hydrogen-bond acceptors (Lipinski definition) is 4. The fourth-order valence-corrected chi connectivity index (χ4v) is 0.934. The molecule has 0 saturated carbocycles. The molecule has 98 valence electrons. The fraction of sp³-hybridized carbons (Fsp3) is 0.571. The van der Waals surface area contributed by atoms with E-state index in [9.17, 15) is 9.59 Å². The molecular weight excluding hydrogens is 232 g/mol. The Morgan fingerprint density at radius 2 is 1.17 bits per heavy atom. The van der Waals surface area contributed by atoms with Gasteiger partial charge in [-0.05, 0) is 0 Å². The minimum absolute atomic E-state index is 0.00778. The molecule has 0 aromatic heterocycles. The van der Waals surface area contributed by atoms with Crippen LogP contribution in [0, 0.1) is 23.7 Å². The molecule has 0 saturated heterocycles. The van der Waals surface area contributed by atoms with Gasteiger partial charge in [0.25, 0.3) is 0 Å². The maximum Gasteiger partial charge on any atom is 0.307 e. The lowest BCUT2D eigenvalue weighted by Gasteiger charge is -2.01. The van der Waals surface area contributed by atoms with Gasteiger partial charge in [0.15, 0.2) is 13.2 Å². The summed E-state index contributed by atoms with van der Waals surface area (Å²) in [5, 5.41) is 0. The van der Waals surface area contributed by atoms with Crippen LogP contribution in [0.3, 0.4) is 0 Å². The van der Waals surface area contributed by atoms with Crippen molar-refractivity contribution in [3.05, 3.63) is 0 Å². The van der Waals surface area contributed by atoms with E-state index in [0.717, 1.165) is 12.8 Å². The molecule has 0 aliphatic carbocycles. The van der Waals surface area contributed by atoms with E-state index >= 15 is 0 Å². The molecule has 0 fully saturated rings. The minimum Gasteiger partial charge on any atom is -0.452 e. The fourth-order valence-electron chi connectivity index (χ4n) is 0.934. The summed E-state index contributed by atoms with van der Waals surface area (Å²) in [5.74, 6) is 10.0. The summed E-state index contributed by atoms with van der Waals surface area (Å²) in [5.41, 5.74) is 0. The number of ether oxygens (including phenoxy) is 2. The van der Waals surface area contributed by atoms with Gasteiger partial charge in [0.1, 0.15) is 0 Å². The Morgan fingerprint density at radius 3 is 1.50 bits per heavy atom. The van der Waals surface area contributed by atoms with Gasteiger partial charge >= 0.3 is 11.9 Å². The molecule has 0 aromatic carbocycles. The van der Waals surface area contributed by atoms with Crippen molar-refractivity contribution in [2.24, 2.45) is 0 Å². The van der Waals surface area contributed by atoms with Gasteiger partial charge in [-0.2, -0.15) is 0 Å². The monoisotopic (exact) mass is 250 g/mol. The molecule has 0 heterocycles. The predicted molar refractivity (Wildman–Crippen MR) is 67.3 cm³/mol. The summed E-state index contributed by atoms with van der Waals surface area (Å²) in [6, 6.07) is 0. The van der Waals surface area contributed by atoms with E-state index in [4.69, 9.17) is 9.47 Å². The second-order valence-electron chi connectivity index (χ2n) is 3.24. The Labute approximate surface area is 108 Å². The minimum atomic E-state index is -0.447. The van der Waals surface area contributed by atoms with Crippen LogP contribution in [0.5, 0.6) is 0 Å². The highest BCUT2D eigenvalue weighted by Crippen LogP contribution is 1.95. The van der Waals surface area contributed by atoms with Crippen LogP contribution in [-0.4, -0.2) is 25.2 Å². The van der Waals surface area contributed by atoms with Crippen LogP contribution >= 0.6 is 0 Å². The van der Waals surface area contributed by atoms with Gasteiger partial charge in [-0.25, -0.2) is 0 Å². The van der Waals surface area contributed by atoms with Gasteiger partial charge in [-0.3, -0.25) is 9.59 Å². The Morgan fingerprint density at radius 1 is 0.778 bits per heavy atom. The topological polar surface area (TPSA) is 52.6 Å². The third-order valence-corrected chi connectivity index (χ3v) is 1.75. The molecule has 0 aromatic rings. The number of rotatable bonds is 5. The van der Waals surface area contributed by atoms with Crippen molar-refractivity contribution in [1.29, 1.82) is 0 Å². The third kappa shape index (κ3) is 10.6. The molecule has 18 heavy (non-hydrogen) atoms. The summed E-state index contributed by atoms with van der Waals surface area (Å²) in [6.45, 7) is 3.96. The first-order chi connectivity index (χ1) is 8.70. The van der Waals surface area contributed by atoms with E-state index < -0.39 is 11.9 Å². The maximum absolute atomic E-state index is 11.2. The van der Waals surface area contributed by atoms with Gasteiger partial charge < -0.3 is 9.47 Å². The van der Waals surface area contributed by atoms with E-state index in [-0.39, 0.29) is 26.1 Å². The molecule has 0 rings (SSSR count). The second kappa shape index (κ2) is 11.5. The molecule has 0 aliphatic rings. The average Bonchev–Trinajstić information content (AvgIpc) is 2.37. The van der Waals surface area contributed by atoms with Crippen LogP contribution in [0.15, 0.2) is 0 Å². The van der Waals surface area contributed by atoms with E-state index in [1.165, 1.54) is 0 Å². The van der Waals surface area contributed by atoms with Crippen LogP contribution in [-0.2, 0) is 19.1 Å². The predicted octanol–water partition coefficient (Wildman–Crippen LogP) is 1.68. The van der Waals surface area contributed by atoms with E-state index in [2.05, 4.69) is 23.7 Å². The molecule has 0 aliphatic heterocycles. The van der Waals surface area contributed by atoms with Crippen molar-refractivity contribution in [2.45, 2.75) is 39.5 Å². The Balaban J connectivity index is 3.62. The van der Waals surface area contributed by atoms with Crippen LogP contribution in [0.4, 0.5) is 0 Å². The quantitative estimate of drug-likeness (QED) is 0.550. The second-order valence-corrected chi connectivity index (χ2v) is 3.24.